The molecule has 1 heterocycles. The van der Waals surface area contributed by atoms with Crippen LogP contribution in [0.2, 0.25) is 0 Å². The van der Waals surface area contributed by atoms with Crippen molar-refractivity contribution in [2.45, 2.75) is 19.5 Å². The molecule has 0 fully saturated rings. The van der Waals surface area contributed by atoms with Crippen molar-refractivity contribution < 1.29 is 22.4 Å². The number of guanidine groups is 1. The molecule has 0 aliphatic carbocycles. The maximum atomic E-state index is 13.5. The van der Waals surface area contributed by atoms with Crippen LogP contribution in [-0.4, -0.2) is 43.5 Å². The number of carbonyl (C=O) groups excluding carboxylic acids is 1. The van der Waals surface area contributed by atoms with Gasteiger partial charge in [0.05, 0.1) is 5.01 Å². The number of aliphatic imine (C=N–C) groups is 1. The molecule has 12 heteroatoms. The first-order valence-corrected chi connectivity index (χ1v) is 9.59. The van der Waals surface area contributed by atoms with E-state index in [4.69, 9.17) is 0 Å². The van der Waals surface area contributed by atoms with E-state index in [1.807, 2.05) is 0 Å². The number of aryl methyl sites for hydroxylation is 1. The summed E-state index contributed by atoms with van der Waals surface area (Å²) in [6.45, 7) is 2.59. The smallest absolute Gasteiger partial charge is 0.356 e. The first kappa shape index (κ1) is 26.1. The average molecular weight is 559 g/mol. The lowest BCUT2D eigenvalue weighted by Gasteiger charge is -2.12. The normalized spacial score (nSPS) is 11.6. The predicted molar refractivity (Wildman–Crippen MR) is 119 cm³/mol. The molecule has 0 atom stereocenters. The Bertz CT molecular complexity index is 873. The lowest BCUT2D eigenvalue weighted by atomic mass is 10.1. The molecule has 0 unspecified atom stereocenters. The van der Waals surface area contributed by atoms with Crippen molar-refractivity contribution in [2.75, 3.05) is 26.7 Å². The minimum absolute atomic E-state index is 0. The number of halogens is 5. The van der Waals surface area contributed by atoms with Gasteiger partial charge in [-0.3, -0.25) is 9.79 Å². The molecule has 1 aromatic heterocycles. The predicted octanol–water partition coefficient (Wildman–Crippen LogP) is 3.36. The first-order chi connectivity index (χ1) is 13.7. The van der Waals surface area contributed by atoms with Crippen molar-refractivity contribution in [3.8, 4) is 0 Å². The van der Waals surface area contributed by atoms with Crippen molar-refractivity contribution >= 4 is 47.2 Å². The Morgan fingerprint density at radius 2 is 1.83 bits per heavy atom. The second-order valence-electron chi connectivity index (χ2n) is 6.02. The summed E-state index contributed by atoms with van der Waals surface area (Å²) in [5.41, 5.74) is -0.188. The van der Waals surface area contributed by atoms with Crippen molar-refractivity contribution in [1.29, 1.82) is 0 Å². The summed E-state index contributed by atoms with van der Waals surface area (Å²) in [6, 6.07) is 4.26. The maximum absolute atomic E-state index is 13.5. The molecule has 1 amide bonds. The molecule has 0 saturated heterocycles. The summed E-state index contributed by atoms with van der Waals surface area (Å²) in [7, 11) is 1.55. The van der Waals surface area contributed by atoms with Gasteiger partial charge in [0.25, 0.3) is 5.91 Å². The SMILES string of the molecule is CN=C(NCCNC(=O)c1ccc(C)c(F)c1)NCCc1nc(C(F)(F)F)cs1.I. The third-order valence-electron chi connectivity index (χ3n) is 3.83. The third kappa shape index (κ3) is 8.05. The Hall–Kier alpha value is -1.96. The molecule has 0 aliphatic rings. The van der Waals surface area contributed by atoms with Crippen LogP contribution >= 0.6 is 35.3 Å². The van der Waals surface area contributed by atoms with Crippen molar-refractivity contribution in [3.05, 3.63) is 51.2 Å². The zero-order valence-electron chi connectivity index (χ0n) is 16.3. The summed E-state index contributed by atoms with van der Waals surface area (Å²) in [4.78, 5) is 19.5. The number of hydrogen-bond donors (Lipinski definition) is 3. The van der Waals surface area contributed by atoms with Gasteiger partial charge in [-0.05, 0) is 24.6 Å². The summed E-state index contributed by atoms with van der Waals surface area (Å²) < 4.78 is 51.1. The molecular weight excluding hydrogens is 537 g/mol. The largest absolute Gasteiger partial charge is 0.434 e. The molecule has 0 radical (unpaired) electrons. The number of aromatic nitrogens is 1. The number of thiazole rings is 1. The average Bonchev–Trinajstić information content (AvgIpc) is 3.15. The van der Waals surface area contributed by atoms with E-state index in [-0.39, 0.29) is 36.1 Å². The van der Waals surface area contributed by atoms with Gasteiger partial charge >= 0.3 is 6.18 Å². The van der Waals surface area contributed by atoms with Gasteiger partial charge in [-0.1, -0.05) is 6.07 Å². The zero-order valence-corrected chi connectivity index (χ0v) is 19.4. The maximum Gasteiger partial charge on any atom is 0.434 e. The minimum atomic E-state index is -4.44. The molecule has 0 aliphatic heterocycles. The van der Waals surface area contributed by atoms with Crippen LogP contribution in [0.25, 0.3) is 0 Å². The number of rotatable bonds is 7. The van der Waals surface area contributed by atoms with Crippen LogP contribution in [-0.2, 0) is 12.6 Å². The summed E-state index contributed by atoms with van der Waals surface area (Å²) in [5, 5.41) is 9.95. The van der Waals surface area contributed by atoms with E-state index in [2.05, 4.69) is 25.9 Å². The molecular formula is C18H22F4IN5OS. The topological polar surface area (TPSA) is 78.4 Å². The van der Waals surface area contributed by atoms with Crippen LogP contribution < -0.4 is 16.0 Å². The van der Waals surface area contributed by atoms with Gasteiger partial charge < -0.3 is 16.0 Å². The highest BCUT2D eigenvalue weighted by atomic mass is 127. The van der Waals surface area contributed by atoms with Gasteiger partial charge in [0.15, 0.2) is 11.7 Å². The molecule has 1 aromatic carbocycles. The Balaban J connectivity index is 0.00000450. The molecule has 2 rings (SSSR count). The fourth-order valence-electron chi connectivity index (χ4n) is 2.26. The van der Waals surface area contributed by atoms with Crippen molar-refractivity contribution in [3.63, 3.8) is 0 Å². The summed E-state index contributed by atoms with van der Waals surface area (Å²) in [6.07, 6.45) is -4.12. The van der Waals surface area contributed by atoms with Gasteiger partial charge in [-0.25, -0.2) is 9.37 Å². The Kier molecular flexibility index (Phi) is 10.5. The van der Waals surface area contributed by atoms with Crippen LogP contribution in [0.1, 0.15) is 26.6 Å². The van der Waals surface area contributed by atoms with Crippen LogP contribution in [0.3, 0.4) is 0 Å². The van der Waals surface area contributed by atoms with E-state index >= 15 is 0 Å². The molecule has 0 spiro atoms. The number of nitrogens with zero attached hydrogens (tertiary/aromatic N) is 2. The van der Waals surface area contributed by atoms with E-state index in [1.165, 1.54) is 12.1 Å². The number of amides is 1. The van der Waals surface area contributed by atoms with E-state index in [0.717, 1.165) is 16.7 Å². The fraction of sp³-hybridized carbons (Fsp3) is 0.389. The second kappa shape index (κ2) is 12.0. The van der Waals surface area contributed by atoms with Crippen molar-refractivity contribution in [1.82, 2.24) is 20.9 Å². The van der Waals surface area contributed by atoms with E-state index < -0.39 is 23.6 Å². The number of carbonyl (C=O) groups is 1. The van der Waals surface area contributed by atoms with Crippen molar-refractivity contribution in [2.24, 2.45) is 4.99 Å². The highest BCUT2D eigenvalue weighted by Crippen LogP contribution is 2.29. The van der Waals surface area contributed by atoms with E-state index in [1.54, 1.807) is 20.0 Å². The van der Waals surface area contributed by atoms with Gasteiger partial charge in [-0.2, -0.15) is 13.2 Å². The van der Waals surface area contributed by atoms with E-state index in [9.17, 15) is 22.4 Å². The standard InChI is InChI=1S/C18H21F4N5OS.HI/c1-11-3-4-12(9-13(11)19)16(28)24-7-8-26-17(23-2)25-6-5-15-27-14(10-29-15)18(20,21)22;/h3-4,9-10H,5-8H2,1-2H3,(H,24,28)(H2,23,25,26);1H. The molecule has 166 valence electrons. The van der Waals surface area contributed by atoms with Crippen LogP contribution in [0.15, 0.2) is 28.6 Å². The number of nitrogens with one attached hydrogen (secondary N) is 3. The highest BCUT2D eigenvalue weighted by molar-refractivity contribution is 14.0. The zero-order chi connectivity index (χ0) is 21.4. The highest BCUT2D eigenvalue weighted by Gasteiger charge is 2.33. The Morgan fingerprint density at radius 1 is 1.17 bits per heavy atom. The summed E-state index contributed by atoms with van der Waals surface area (Å²) in [5.74, 6) is -0.394. The second-order valence-corrected chi connectivity index (χ2v) is 6.96. The van der Waals surface area contributed by atoms with E-state index in [0.29, 0.717) is 36.0 Å². The minimum Gasteiger partial charge on any atom is -0.356 e. The van der Waals surface area contributed by atoms with Gasteiger partial charge in [0.2, 0.25) is 0 Å². The van der Waals surface area contributed by atoms with Gasteiger partial charge in [0, 0.05) is 44.0 Å². The monoisotopic (exact) mass is 559 g/mol. The number of hydrogen-bond acceptors (Lipinski definition) is 4. The molecule has 0 bridgehead atoms. The van der Waals surface area contributed by atoms with Gasteiger partial charge in [0.1, 0.15) is 5.82 Å². The molecule has 30 heavy (non-hydrogen) atoms. The third-order valence-corrected chi connectivity index (χ3v) is 4.74. The molecule has 0 saturated carbocycles. The quantitative estimate of drug-likeness (QED) is 0.160. The van der Waals surface area contributed by atoms with Crippen LogP contribution in [0, 0.1) is 12.7 Å². The molecule has 6 nitrogen and oxygen atoms in total. The fourth-order valence-corrected chi connectivity index (χ4v) is 3.06. The molecule has 2 aromatic rings. The first-order valence-electron chi connectivity index (χ1n) is 8.71. The molecule has 3 N–H and O–H groups in total. The number of benzene rings is 1. The number of alkyl halides is 3. The summed E-state index contributed by atoms with van der Waals surface area (Å²) >= 11 is 0.955. The lowest BCUT2D eigenvalue weighted by molar-refractivity contribution is -0.140. The van der Waals surface area contributed by atoms with Crippen LogP contribution in [0.4, 0.5) is 17.6 Å². The van der Waals surface area contributed by atoms with Crippen LogP contribution in [0.5, 0.6) is 0 Å². The Morgan fingerprint density at radius 3 is 2.43 bits per heavy atom. The Labute approximate surface area is 192 Å². The van der Waals surface area contributed by atoms with Gasteiger partial charge in [-0.15, -0.1) is 35.3 Å². The lowest BCUT2D eigenvalue weighted by Crippen LogP contribution is -2.42.